The van der Waals surface area contributed by atoms with Gasteiger partial charge in [-0.05, 0) is 30.3 Å². The molecule has 0 aromatic heterocycles. The number of urea groups is 1. The van der Waals surface area contributed by atoms with Crippen molar-refractivity contribution in [1.82, 2.24) is 5.32 Å². The molecule has 0 spiro atoms. The lowest BCUT2D eigenvalue weighted by atomic mass is 10.1. The van der Waals surface area contributed by atoms with Crippen LogP contribution >= 0.6 is 11.6 Å². The van der Waals surface area contributed by atoms with Gasteiger partial charge < -0.3 is 15.8 Å². The predicted molar refractivity (Wildman–Crippen MR) is 94.8 cm³/mol. The van der Waals surface area contributed by atoms with Crippen LogP contribution < -0.4 is 15.8 Å². The monoisotopic (exact) mass is 416 g/mol. The molecule has 0 unspecified atom stereocenters. The zero-order chi connectivity index (χ0) is 21.1. The molecule has 0 atom stereocenters. The summed E-state index contributed by atoms with van der Waals surface area (Å²) in [6.45, 7) is 0. The molecule has 0 aliphatic carbocycles. The summed E-state index contributed by atoms with van der Waals surface area (Å²) in [5.41, 5.74) is 4.02. The first kappa shape index (κ1) is 21.0. The number of nitrogens with one attached hydrogen (secondary N) is 1. The molecule has 3 N–H and O–H groups in total. The van der Waals surface area contributed by atoms with Crippen LogP contribution in [0.5, 0.6) is 11.5 Å². The summed E-state index contributed by atoms with van der Waals surface area (Å²) in [7, 11) is 1.29. The summed E-state index contributed by atoms with van der Waals surface area (Å²) in [5, 5.41) is 13.0. The molecule has 2 aromatic rings. The van der Waals surface area contributed by atoms with E-state index >= 15 is 0 Å². The van der Waals surface area contributed by atoms with Crippen LogP contribution in [0.15, 0.2) is 41.4 Å². The third-order valence-electron chi connectivity index (χ3n) is 3.36. The molecule has 8 nitrogen and oxygen atoms in total. The molecule has 2 rings (SSSR count). The fourth-order valence-electron chi connectivity index (χ4n) is 2.06. The standard InChI is InChI=1S/C16H12ClF3N4O4/c1-22-15(25)23-14(21)10-7-9(3-4-12(10)24(26)27)28-13-5-2-8(6-11(13)17)16(18,19)20/h2-7H,1H3,(H3,21,22,23,25). The van der Waals surface area contributed by atoms with E-state index in [-0.39, 0.29) is 22.1 Å². The van der Waals surface area contributed by atoms with E-state index < -0.39 is 34.2 Å². The van der Waals surface area contributed by atoms with Crippen molar-refractivity contribution < 1.29 is 27.6 Å². The van der Waals surface area contributed by atoms with Crippen LogP contribution in [0.2, 0.25) is 5.02 Å². The van der Waals surface area contributed by atoms with Crippen LogP contribution in [-0.2, 0) is 6.18 Å². The first-order valence-corrected chi connectivity index (χ1v) is 7.80. The molecule has 0 aliphatic heterocycles. The number of hydrogen-bond acceptors (Lipinski definition) is 4. The van der Waals surface area contributed by atoms with Gasteiger partial charge >= 0.3 is 12.2 Å². The van der Waals surface area contributed by atoms with Gasteiger partial charge in [-0.3, -0.25) is 10.1 Å². The second kappa shape index (κ2) is 8.13. The Balaban J connectivity index is 2.43. The Hall–Kier alpha value is -3.34. The van der Waals surface area contributed by atoms with Gasteiger partial charge in [-0.25, -0.2) is 4.79 Å². The average Bonchev–Trinajstić information content (AvgIpc) is 2.62. The number of alkyl halides is 3. The summed E-state index contributed by atoms with van der Waals surface area (Å²) in [5.74, 6) is -0.580. The Kier molecular flexibility index (Phi) is 6.09. The zero-order valence-corrected chi connectivity index (χ0v) is 14.8. The van der Waals surface area contributed by atoms with Gasteiger partial charge in [0, 0.05) is 13.1 Å². The highest BCUT2D eigenvalue weighted by molar-refractivity contribution is 6.32. The van der Waals surface area contributed by atoms with Crippen LogP contribution in [0.4, 0.5) is 23.7 Å². The van der Waals surface area contributed by atoms with E-state index in [9.17, 15) is 28.1 Å². The minimum absolute atomic E-state index is 0.0164. The Morgan fingerprint density at radius 1 is 1.29 bits per heavy atom. The van der Waals surface area contributed by atoms with E-state index in [1.165, 1.54) is 13.1 Å². The topological polar surface area (TPSA) is 120 Å². The lowest BCUT2D eigenvalue weighted by Gasteiger charge is -2.12. The fourth-order valence-corrected chi connectivity index (χ4v) is 2.27. The fraction of sp³-hybridized carbons (Fsp3) is 0.125. The molecule has 0 fully saturated rings. The van der Waals surface area contributed by atoms with Gasteiger partial charge in [-0.2, -0.15) is 18.2 Å². The van der Waals surface area contributed by atoms with E-state index in [1.807, 2.05) is 0 Å². The summed E-state index contributed by atoms with van der Waals surface area (Å²) in [4.78, 5) is 25.2. The van der Waals surface area contributed by atoms with E-state index in [4.69, 9.17) is 22.1 Å². The molecule has 0 radical (unpaired) electrons. The number of ether oxygens (including phenoxy) is 1. The summed E-state index contributed by atoms with van der Waals surface area (Å²) < 4.78 is 43.5. The number of hydrogen-bond donors (Lipinski definition) is 2. The SMILES string of the molecule is CNC(=O)/N=C(\N)c1cc(Oc2ccc(C(F)(F)F)cc2Cl)ccc1[N+](=O)[O-]. The number of carbonyl (C=O) groups excluding carboxylic acids is 1. The van der Waals surface area contributed by atoms with E-state index in [1.54, 1.807) is 0 Å². The van der Waals surface area contributed by atoms with Crippen LogP contribution in [0.3, 0.4) is 0 Å². The molecule has 2 aromatic carbocycles. The number of nitro benzene ring substituents is 1. The largest absolute Gasteiger partial charge is 0.456 e. The maximum atomic E-state index is 12.7. The number of carbonyl (C=O) groups is 1. The normalized spacial score (nSPS) is 11.8. The number of rotatable bonds is 4. The van der Waals surface area contributed by atoms with Gasteiger partial charge in [0.15, 0.2) is 0 Å². The second-order valence-electron chi connectivity index (χ2n) is 5.23. The Morgan fingerprint density at radius 3 is 2.50 bits per heavy atom. The average molecular weight is 417 g/mol. The third kappa shape index (κ3) is 4.88. The van der Waals surface area contributed by atoms with Crippen molar-refractivity contribution in [2.45, 2.75) is 6.18 Å². The number of halogens is 4. The second-order valence-corrected chi connectivity index (χ2v) is 5.64. The molecule has 2 amide bonds. The number of nitrogens with two attached hydrogens (primary N) is 1. The lowest BCUT2D eigenvalue weighted by molar-refractivity contribution is -0.385. The van der Waals surface area contributed by atoms with Crippen LogP contribution in [0.25, 0.3) is 0 Å². The van der Waals surface area contributed by atoms with Crippen molar-refractivity contribution in [1.29, 1.82) is 0 Å². The number of amides is 2. The van der Waals surface area contributed by atoms with Crippen molar-refractivity contribution in [3.63, 3.8) is 0 Å². The predicted octanol–water partition coefficient (Wildman–Crippen LogP) is 4.10. The molecule has 0 saturated carbocycles. The maximum absolute atomic E-state index is 12.7. The Bertz CT molecular complexity index is 963. The van der Waals surface area contributed by atoms with Gasteiger partial charge in [0.2, 0.25) is 0 Å². The van der Waals surface area contributed by atoms with Crippen molar-refractivity contribution in [3.8, 4) is 11.5 Å². The zero-order valence-electron chi connectivity index (χ0n) is 14.1. The molecule has 12 heteroatoms. The number of benzene rings is 2. The van der Waals surface area contributed by atoms with E-state index in [0.717, 1.165) is 24.3 Å². The van der Waals surface area contributed by atoms with Crippen molar-refractivity contribution in [3.05, 3.63) is 62.7 Å². The summed E-state index contributed by atoms with van der Waals surface area (Å²) in [6, 6.07) is 5.00. The molecular formula is C16H12ClF3N4O4. The third-order valence-corrected chi connectivity index (χ3v) is 3.66. The van der Waals surface area contributed by atoms with Crippen LogP contribution in [0.1, 0.15) is 11.1 Å². The molecule has 0 aliphatic rings. The minimum atomic E-state index is -4.58. The first-order valence-electron chi connectivity index (χ1n) is 7.42. The number of amidine groups is 1. The Morgan fingerprint density at radius 2 is 1.96 bits per heavy atom. The van der Waals surface area contributed by atoms with Gasteiger partial charge in [-0.15, -0.1) is 0 Å². The van der Waals surface area contributed by atoms with Gasteiger partial charge in [0.1, 0.15) is 17.3 Å². The summed E-state index contributed by atoms with van der Waals surface area (Å²) in [6.07, 6.45) is -4.58. The molecule has 148 valence electrons. The summed E-state index contributed by atoms with van der Waals surface area (Å²) >= 11 is 5.82. The highest BCUT2D eigenvalue weighted by Crippen LogP contribution is 2.37. The van der Waals surface area contributed by atoms with E-state index in [2.05, 4.69) is 10.3 Å². The van der Waals surface area contributed by atoms with Gasteiger partial charge in [-0.1, -0.05) is 11.6 Å². The van der Waals surface area contributed by atoms with Gasteiger partial charge in [0.05, 0.1) is 21.1 Å². The minimum Gasteiger partial charge on any atom is -0.456 e. The van der Waals surface area contributed by atoms with Gasteiger partial charge in [0.25, 0.3) is 5.69 Å². The number of nitro groups is 1. The highest BCUT2D eigenvalue weighted by atomic mass is 35.5. The van der Waals surface area contributed by atoms with Crippen LogP contribution in [0, 0.1) is 10.1 Å². The molecule has 28 heavy (non-hydrogen) atoms. The van der Waals surface area contributed by atoms with E-state index in [0.29, 0.717) is 6.07 Å². The molecule has 0 saturated heterocycles. The molecule has 0 heterocycles. The van der Waals surface area contributed by atoms with Crippen LogP contribution in [-0.4, -0.2) is 23.8 Å². The lowest BCUT2D eigenvalue weighted by Crippen LogP contribution is -2.22. The first-order chi connectivity index (χ1) is 13.0. The quantitative estimate of drug-likeness (QED) is 0.336. The van der Waals surface area contributed by atoms with Crippen molar-refractivity contribution >= 4 is 29.2 Å². The molecular weight excluding hydrogens is 405 g/mol. The molecule has 0 bridgehead atoms. The Labute approximate surface area is 160 Å². The number of aliphatic imine (C=N–C) groups is 1. The maximum Gasteiger partial charge on any atom is 0.416 e. The number of nitrogens with zero attached hydrogens (tertiary/aromatic N) is 2. The van der Waals surface area contributed by atoms with Crippen molar-refractivity contribution in [2.75, 3.05) is 7.05 Å². The smallest absolute Gasteiger partial charge is 0.416 e. The van der Waals surface area contributed by atoms with Crippen molar-refractivity contribution in [2.24, 2.45) is 10.7 Å². The highest BCUT2D eigenvalue weighted by Gasteiger charge is 2.31.